The van der Waals surface area contributed by atoms with Crippen LogP contribution in [0.25, 0.3) is 22.3 Å². The number of hydrogen-bond donors (Lipinski definition) is 3. The molecule has 3 aromatic rings. The molecule has 0 saturated heterocycles. The molecule has 0 atom stereocenters. The minimum absolute atomic E-state index is 0.0842. The zero-order valence-corrected chi connectivity index (χ0v) is 13.6. The molecule has 130 valence electrons. The minimum Gasteiger partial charge on any atom is -0.504 e. The van der Waals surface area contributed by atoms with Gasteiger partial charge in [0.2, 0.25) is 16.9 Å². The van der Waals surface area contributed by atoms with Crippen molar-refractivity contribution >= 4 is 11.0 Å². The Kier molecular flexibility index (Phi) is 4.14. The van der Waals surface area contributed by atoms with E-state index in [1.165, 1.54) is 7.11 Å². The lowest BCUT2D eigenvalue weighted by molar-refractivity contribution is 0.300. The topological polar surface area (TPSA) is 109 Å². The summed E-state index contributed by atoms with van der Waals surface area (Å²) in [6, 6.07) is 7.74. The molecule has 7 heteroatoms. The molecule has 0 radical (unpaired) electrons. The quantitative estimate of drug-likeness (QED) is 0.667. The van der Waals surface area contributed by atoms with Crippen molar-refractivity contribution in [2.45, 2.75) is 6.92 Å². The molecule has 0 aliphatic heterocycles. The molecule has 1 aromatic heterocycles. The number of hydrogen-bond acceptors (Lipinski definition) is 7. The number of methoxy groups -OCH3 is 1. The van der Waals surface area contributed by atoms with Crippen molar-refractivity contribution in [3.8, 4) is 40.1 Å². The Labute approximate surface area is 142 Å². The molecule has 7 nitrogen and oxygen atoms in total. The van der Waals surface area contributed by atoms with Crippen LogP contribution in [0.1, 0.15) is 6.92 Å². The first kappa shape index (κ1) is 16.5. The van der Waals surface area contributed by atoms with Crippen molar-refractivity contribution in [1.82, 2.24) is 0 Å². The zero-order valence-electron chi connectivity index (χ0n) is 13.6. The normalized spacial score (nSPS) is 10.8. The summed E-state index contributed by atoms with van der Waals surface area (Å²) in [6.45, 7) is 1.83. The minimum atomic E-state index is -0.836. The van der Waals surface area contributed by atoms with E-state index in [0.717, 1.165) is 6.07 Å². The predicted octanol–water partition coefficient (Wildman–Crippen LogP) is 2.98. The van der Waals surface area contributed by atoms with Gasteiger partial charge in [0.05, 0.1) is 13.7 Å². The number of rotatable bonds is 4. The molecule has 0 spiro atoms. The van der Waals surface area contributed by atoms with E-state index in [-0.39, 0.29) is 34.8 Å². The van der Waals surface area contributed by atoms with E-state index in [1.54, 1.807) is 31.2 Å². The maximum Gasteiger partial charge on any atom is 0.238 e. The van der Waals surface area contributed by atoms with Crippen LogP contribution < -0.4 is 14.9 Å². The Morgan fingerprint density at radius 1 is 1.12 bits per heavy atom. The van der Waals surface area contributed by atoms with E-state index in [2.05, 4.69) is 0 Å². The van der Waals surface area contributed by atoms with Gasteiger partial charge in [-0.15, -0.1) is 0 Å². The third-order valence-corrected chi connectivity index (χ3v) is 3.69. The van der Waals surface area contributed by atoms with E-state index >= 15 is 0 Å². The third kappa shape index (κ3) is 2.69. The Hall–Kier alpha value is -3.35. The molecule has 25 heavy (non-hydrogen) atoms. The Morgan fingerprint density at radius 3 is 2.56 bits per heavy atom. The van der Waals surface area contributed by atoms with Crippen LogP contribution in [0, 0.1) is 0 Å². The molecular formula is C18H16O7. The van der Waals surface area contributed by atoms with Gasteiger partial charge >= 0.3 is 0 Å². The van der Waals surface area contributed by atoms with Crippen molar-refractivity contribution in [2.24, 2.45) is 0 Å². The van der Waals surface area contributed by atoms with Gasteiger partial charge in [0.25, 0.3) is 0 Å². The van der Waals surface area contributed by atoms with Gasteiger partial charge < -0.3 is 29.2 Å². The van der Waals surface area contributed by atoms with Crippen LogP contribution in [0.2, 0.25) is 0 Å². The van der Waals surface area contributed by atoms with Crippen LogP contribution in [0.5, 0.6) is 28.7 Å². The Bertz CT molecular complexity index is 1000. The maximum atomic E-state index is 12.5. The fourth-order valence-corrected chi connectivity index (χ4v) is 2.54. The van der Waals surface area contributed by atoms with Gasteiger partial charge in [0.15, 0.2) is 17.3 Å². The molecular weight excluding hydrogens is 328 g/mol. The summed E-state index contributed by atoms with van der Waals surface area (Å²) in [5, 5.41) is 30.2. The van der Waals surface area contributed by atoms with Crippen LogP contribution in [0.3, 0.4) is 0 Å². The second-order valence-corrected chi connectivity index (χ2v) is 5.22. The second-order valence-electron chi connectivity index (χ2n) is 5.22. The van der Waals surface area contributed by atoms with Crippen molar-refractivity contribution in [2.75, 3.05) is 13.7 Å². The van der Waals surface area contributed by atoms with E-state index in [1.807, 2.05) is 0 Å². The number of fused-ring (bicyclic) bond motifs is 1. The smallest absolute Gasteiger partial charge is 0.238 e. The lowest BCUT2D eigenvalue weighted by atomic mass is 10.1. The first-order valence-electron chi connectivity index (χ1n) is 7.49. The number of phenolic OH excluding ortho intramolecular Hbond substituents is 2. The fourth-order valence-electron chi connectivity index (χ4n) is 2.54. The highest BCUT2D eigenvalue weighted by Gasteiger charge is 2.23. The zero-order chi connectivity index (χ0) is 18.1. The number of benzene rings is 2. The van der Waals surface area contributed by atoms with Gasteiger partial charge in [-0.1, -0.05) is 12.1 Å². The molecule has 3 N–H and O–H groups in total. The summed E-state index contributed by atoms with van der Waals surface area (Å²) in [5.74, 6) is -1.45. The van der Waals surface area contributed by atoms with Crippen molar-refractivity contribution in [1.29, 1.82) is 0 Å². The molecule has 0 saturated carbocycles. The highest BCUT2D eigenvalue weighted by molar-refractivity contribution is 5.91. The third-order valence-electron chi connectivity index (χ3n) is 3.69. The second kappa shape index (κ2) is 6.27. The molecule has 0 aliphatic rings. The molecule has 1 heterocycles. The Morgan fingerprint density at radius 2 is 1.88 bits per heavy atom. The summed E-state index contributed by atoms with van der Waals surface area (Å²) in [5.41, 5.74) is -0.514. The van der Waals surface area contributed by atoms with E-state index in [9.17, 15) is 20.1 Å². The molecule has 2 aromatic carbocycles. The van der Waals surface area contributed by atoms with E-state index in [0.29, 0.717) is 11.3 Å². The SMILES string of the molecule is CCOc1c(O)cc2oc(-c3cccc(OC)c3)c(O)c(=O)c2c1O. The van der Waals surface area contributed by atoms with Gasteiger partial charge in [-0.2, -0.15) is 0 Å². The predicted molar refractivity (Wildman–Crippen MR) is 90.6 cm³/mol. The number of phenols is 2. The summed E-state index contributed by atoms with van der Waals surface area (Å²) in [6.07, 6.45) is 0. The number of aromatic hydroxyl groups is 3. The summed E-state index contributed by atoms with van der Waals surface area (Å²) in [7, 11) is 1.49. The number of ether oxygens (including phenoxy) is 2. The summed E-state index contributed by atoms with van der Waals surface area (Å²) in [4.78, 5) is 12.5. The summed E-state index contributed by atoms with van der Waals surface area (Å²) >= 11 is 0. The molecule has 0 bridgehead atoms. The van der Waals surface area contributed by atoms with Crippen LogP contribution in [-0.4, -0.2) is 29.0 Å². The van der Waals surface area contributed by atoms with Gasteiger partial charge in [-0.25, -0.2) is 0 Å². The van der Waals surface area contributed by atoms with Crippen molar-refractivity contribution < 1.29 is 29.2 Å². The first-order chi connectivity index (χ1) is 12.0. The molecule has 0 unspecified atom stereocenters. The van der Waals surface area contributed by atoms with Gasteiger partial charge in [0, 0.05) is 11.6 Å². The average molecular weight is 344 g/mol. The highest BCUT2D eigenvalue weighted by Crippen LogP contribution is 2.43. The van der Waals surface area contributed by atoms with E-state index < -0.39 is 16.9 Å². The van der Waals surface area contributed by atoms with Crippen molar-refractivity contribution in [3.63, 3.8) is 0 Å². The monoisotopic (exact) mass is 344 g/mol. The van der Waals surface area contributed by atoms with Gasteiger partial charge in [-0.3, -0.25) is 4.79 Å². The van der Waals surface area contributed by atoms with Crippen molar-refractivity contribution in [3.05, 3.63) is 40.6 Å². The van der Waals surface area contributed by atoms with Crippen LogP contribution >= 0.6 is 0 Å². The highest BCUT2D eigenvalue weighted by atomic mass is 16.5. The van der Waals surface area contributed by atoms with Crippen LogP contribution in [0.4, 0.5) is 0 Å². The summed E-state index contributed by atoms with van der Waals surface area (Å²) < 4.78 is 15.8. The standard InChI is InChI=1S/C18H16O7/c1-3-24-18-11(19)8-12-13(15(18)21)14(20)16(22)17(25-12)9-5-4-6-10(7-9)23-2/h4-8,19,21-22H,3H2,1-2H3. The lowest BCUT2D eigenvalue weighted by Gasteiger charge is -2.12. The Balaban J connectivity index is 2.32. The van der Waals surface area contributed by atoms with Gasteiger partial charge in [-0.05, 0) is 19.1 Å². The van der Waals surface area contributed by atoms with Crippen LogP contribution in [0.15, 0.2) is 39.5 Å². The molecule has 3 rings (SSSR count). The molecule has 0 amide bonds. The first-order valence-corrected chi connectivity index (χ1v) is 7.49. The van der Waals surface area contributed by atoms with Crippen LogP contribution in [-0.2, 0) is 0 Å². The van der Waals surface area contributed by atoms with Gasteiger partial charge in [0.1, 0.15) is 16.7 Å². The lowest BCUT2D eigenvalue weighted by Crippen LogP contribution is -2.04. The fraction of sp³-hybridized carbons (Fsp3) is 0.167. The molecule has 0 fully saturated rings. The largest absolute Gasteiger partial charge is 0.504 e. The average Bonchev–Trinajstić information content (AvgIpc) is 2.61. The molecule has 0 aliphatic carbocycles. The maximum absolute atomic E-state index is 12.5. The van der Waals surface area contributed by atoms with E-state index in [4.69, 9.17) is 13.9 Å².